The van der Waals surface area contributed by atoms with Crippen molar-refractivity contribution in [2.24, 2.45) is 35.1 Å². The Morgan fingerprint density at radius 2 is 0.970 bits per heavy atom. The number of allylic oxidation sites excluding steroid dienone is 2. The average Bonchev–Trinajstić information content (AvgIpc) is 3.22. The standard InChI is InChI=1S/C48H46N4O14/c1-51(2)35-25-17-21-15-23-19(11-13-27(53)31(23)37(55)29(21)41(59)47(25,65)43(61)33(39(35)57)45(49)63)9-7-5-6-8-10-20-12-14-28(54)32-24(20)16-22-18-26-36(52(3)4)40(58)34(46(50)64)44(62)48(26,66)42(60)30(22)38(32)56/h11-14,21-22,25-26,35-36,53-54,57-60,65-66H,5-6,15-18H2,1-4H3,(H2,49,63)(H2,50,64)/t21-,22+,25-,26-,35-,36-,47-,48-/m0/s1. The molecule has 0 bridgehead atoms. The van der Waals surface area contributed by atoms with Gasteiger partial charge in [-0.2, -0.15) is 0 Å². The number of nitrogens with zero attached hydrogens (tertiary/aromatic N) is 2. The number of fused-ring (bicyclic) bond motifs is 6. The van der Waals surface area contributed by atoms with Crippen LogP contribution in [0.3, 0.4) is 0 Å². The van der Waals surface area contributed by atoms with Crippen LogP contribution in [-0.4, -0.2) is 137 Å². The summed E-state index contributed by atoms with van der Waals surface area (Å²) in [6, 6.07) is 3.28. The van der Waals surface area contributed by atoms with Gasteiger partial charge in [0.15, 0.2) is 22.8 Å². The van der Waals surface area contributed by atoms with E-state index in [4.69, 9.17) is 11.5 Å². The molecule has 0 heterocycles. The van der Waals surface area contributed by atoms with E-state index in [9.17, 15) is 69.6 Å². The number of phenolic OH excluding ortho intramolecular Hbond substituents is 2. The minimum atomic E-state index is -2.77. The van der Waals surface area contributed by atoms with Gasteiger partial charge in [-0.05, 0) is 101 Å². The van der Waals surface area contributed by atoms with E-state index in [0.717, 1.165) is 0 Å². The number of benzene rings is 2. The molecule has 0 radical (unpaired) electrons. The predicted molar refractivity (Wildman–Crippen MR) is 230 cm³/mol. The number of hydrogen-bond acceptors (Lipinski definition) is 16. The van der Waals surface area contributed by atoms with Crippen molar-refractivity contribution < 1.29 is 69.6 Å². The number of rotatable bonds is 5. The zero-order valence-electron chi connectivity index (χ0n) is 36.1. The van der Waals surface area contributed by atoms with Gasteiger partial charge in [0.2, 0.25) is 11.6 Å². The van der Waals surface area contributed by atoms with Crippen LogP contribution in [0.25, 0.3) is 0 Å². The van der Waals surface area contributed by atoms with Crippen LogP contribution < -0.4 is 11.5 Å². The smallest absolute Gasteiger partial charge is 0.255 e. The zero-order valence-corrected chi connectivity index (χ0v) is 36.1. The van der Waals surface area contributed by atoms with Crippen molar-refractivity contribution in [3.63, 3.8) is 0 Å². The summed E-state index contributed by atoms with van der Waals surface area (Å²) in [4.78, 5) is 82.8. The Hall–Kier alpha value is -7.22. The predicted octanol–water partition coefficient (Wildman–Crippen LogP) is 0.738. The Balaban J connectivity index is 1.06. The molecular formula is C48H46N4O14. The zero-order chi connectivity index (χ0) is 48.2. The van der Waals surface area contributed by atoms with Crippen molar-refractivity contribution in [2.75, 3.05) is 28.2 Å². The quantitative estimate of drug-likeness (QED) is 0.112. The summed E-state index contributed by atoms with van der Waals surface area (Å²) < 4.78 is 0. The first kappa shape index (κ1) is 45.4. The van der Waals surface area contributed by atoms with Crippen molar-refractivity contribution in [3.05, 3.63) is 103 Å². The van der Waals surface area contributed by atoms with Gasteiger partial charge in [-0.25, -0.2) is 0 Å². The van der Waals surface area contributed by atoms with Crippen molar-refractivity contribution in [2.45, 2.75) is 61.8 Å². The highest BCUT2D eigenvalue weighted by Crippen LogP contribution is 2.54. The lowest BCUT2D eigenvalue weighted by Crippen LogP contribution is -2.63. The first-order chi connectivity index (χ1) is 31.0. The molecular weight excluding hydrogens is 857 g/mol. The van der Waals surface area contributed by atoms with Crippen LogP contribution in [0.2, 0.25) is 0 Å². The van der Waals surface area contributed by atoms with Crippen LogP contribution in [0.5, 0.6) is 11.5 Å². The third kappa shape index (κ3) is 6.28. The third-order valence-electron chi connectivity index (χ3n) is 14.0. The number of carbonyl (C=O) groups excluding carboxylic acids is 6. The summed E-state index contributed by atoms with van der Waals surface area (Å²) in [6.07, 6.45) is 0.321. The van der Waals surface area contributed by atoms with E-state index in [2.05, 4.69) is 23.7 Å². The molecule has 18 heteroatoms. The van der Waals surface area contributed by atoms with E-state index < -0.39 is 128 Å². The second kappa shape index (κ2) is 15.7. The SMILES string of the molecule is CN(C)[C@@H]1C(O)=C(C(N)=O)C(=O)[C@@]2(O)C(O)=C3C(=O)c4c(O)ccc(C#CCCC#Cc5ccc(O)c6c5C[C@H]5C[C@H]7[C@H](N(C)C)C(O)=C(C(N)=O)C(=O)[C@@]7(O)C(O)=C5C6=O)c4C[C@@H]3C[C@@H]12. The number of hydrogen-bond donors (Lipinski definition) is 10. The summed E-state index contributed by atoms with van der Waals surface area (Å²) in [5, 5.41) is 90.7. The molecule has 66 heavy (non-hydrogen) atoms. The largest absolute Gasteiger partial charge is 0.510 e. The number of primary amides is 2. The molecule has 6 aliphatic carbocycles. The van der Waals surface area contributed by atoms with Crippen molar-refractivity contribution in [3.8, 4) is 35.2 Å². The van der Waals surface area contributed by atoms with Crippen LogP contribution in [0.1, 0.15) is 68.7 Å². The van der Waals surface area contributed by atoms with Gasteiger partial charge in [0.05, 0.1) is 23.2 Å². The molecule has 0 aliphatic heterocycles. The number of aliphatic hydroxyl groups excluding tert-OH is 4. The number of amides is 2. The Kier molecular flexibility index (Phi) is 10.8. The monoisotopic (exact) mass is 902 g/mol. The number of aromatic hydroxyl groups is 2. The number of Topliss-reactive ketones (excluding diaryl/α,β-unsaturated/α-hetero) is 4. The fourth-order valence-electron chi connectivity index (χ4n) is 11.2. The van der Waals surface area contributed by atoms with Gasteiger partial charge >= 0.3 is 0 Å². The maximum Gasteiger partial charge on any atom is 0.255 e. The van der Waals surface area contributed by atoms with Crippen molar-refractivity contribution in [1.29, 1.82) is 0 Å². The Labute approximate surface area is 376 Å². The molecule has 0 saturated carbocycles. The van der Waals surface area contributed by atoms with Crippen LogP contribution in [0, 0.1) is 47.4 Å². The maximum absolute atomic E-state index is 14.1. The lowest BCUT2D eigenvalue weighted by Gasteiger charge is -2.50. The van der Waals surface area contributed by atoms with Gasteiger partial charge in [0.1, 0.15) is 45.7 Å². The summed E-state index contributed by atoms with van der Waals surface area (Å²) in [5.74, 6) is -3.04. The molecule has 0 saturated heterocycles. The maximum atomic E-state index is 14.1. The van der Waals surface area contributed by atoms with Gasteiger partial charge in [-0.1, -0.05) is 23.7 Å². The van der Waals surface area contributed by atoms with Gasteiger partial charge in [0.25, 0.3) is 11.8 Å². The van der Waals surface area contributed by atoms with Gasteiger partial charge in [0, 0.05) is 47.0 Å². The fourth-order valence-corrected chi connectivity index (χ4v) is 11.2. The fraction of sp³-hybridized carbons (Fsp3) is 0.375. The summed E-state index contributed by atoms with van der Waals surface area (Å²) >= 11 is 0. The van der Waals surface area contributed by atoms with Crippen LogP contribution in [0.4, 0.5) is 0 Å². The molecule has 0 aromatic heterocycles. The van der Waals surface area contributed by atoms with E-state index >= 15 is 0 Å². The normalized spacial score (nSPS) is 29.0. The van der Waals surface area contributed by atoms with Gasteiger partial charge in [-0.3, -0.25) is 38.6 Å². The Bertz CT molecular complexity index is 2720. The van der Waals surface area contributed by atoms with Crippen molar-refractivity contribution in [1.82, 2.24) is 9.80 Å². The first-order valence-corrected chi connectivity index (χ1v) is 21.0. The number of carbonyl (C=O) groups is 6. The highest BCUT2D eigenvalue weighted by atomic mass is 16.4. The topological polar surface area (TPSA) is 323 Å². The number of likely N-dealkylation sites (N-methyl/N-ethyl adjacent to an activating group) is 2. The van der Waals surface area contributed by atoms with Crippen molar-refractivity contribution >= 4 is 34.9 Å². The second-order valence-corrected chi connectivity index (χ2v) is 18.0. The molecule has 2 aromatic carbocycles. The highest BCUT2D eigenvalue weighted by Gasteiger charge is 2.65. The molecule has 12 N–H and O–H groups in total. The number of aliphatic hydroxyl groups is 6. The third-order valence-corrected chi connectivity index (χ3v) is 14.0. The highest BCUT2D eigenvalue weighted by molar-refractivity contribution is 6.26. The second-order valence-electron chi connectivity index (χ2n) is 18.0. The lowest BCUT2D eigenvalue weighted by molar-refractivity contribution is -0.149. The van der Waals surface area contributed by atoms with E-state index in [0.29, 0.717) is 22.3 Å². The van der Waals surface area contributed by atoms with E-state index in [1.54, 1.807) is 0 Å². The number of phenols is 2. The number of ketones is 4. The average molecular weight is 903 g/mol. The van der Waals surface area contributed by atoms with E-state index in [-0.39, 0.29) is 60.8 Å². The minimum Gasteiger partial charge on any atom is -0.510 e. The van der Waals surface area contributed by atoms with Gasteiger partial charge < -0.3 is 52.3 Å². The van der Waals surface area contributed by atoms with E-state index in [1.165, 1.54) is 62.3 Å². The van der Waals surface area contributed by atoms with Crippen LogP contribution in [-0.2, 0) is 32.0 Å². The molecule has 2 aromatic rings. The minimum absolute atomic E-state index is 0.0472. The molecule has 0 spiro atoms. The Morgan fingerprint density at radius 3 is 1.29 bits per heavy atom. The summed E-state index contributed by atoms with van der Waals surface area (Å²) in [7, 11) is 6.16. The molecule has 0 unspecified atom stereocenters. The molecule has 18 nitrogen and oxygen atoms in total. The molecule has 0 fully saturated rings. The summed E-state index contributed by atoms with van der Waals surface area (Å²) in [5.41, 5.74) is 4.01. The molecule has 8 rings (SSSR count). The molecule has 2 amide bonds. The van der Waals surface area contributed by atoms with Crippen LogP contribution >= 0.6 is 0 Å². The van der Waals surface area contributed by atoms with E-state index in [1.807, 2.05) is 0 Å². The molecule has 8 atom stereocenters. The van der Waals surface area contributed by atoms with Gasteiger partial charge in [-0.15, -0.1) is 0 Å². The molecule has 342 valence electrons. The molecule has 6 aliphatic rings. The first-order valence-electron chi connectivity index (χ1n) is 21.0. The number of unbranched alkanes of at least 4 members (excludes halogenated alkanes) is 1. The van der Waals surface area contributed by atoms with Crippen LogP contribution in [0.15, 0.2) is 69.6 Å². The Morgan fingerprint density at radius 1 is 0.621 bits per heavy atom. The number of nitrogens with two attached hydrogens (primary N) is 2. The summed E-state index contributed by atoms with van der Waals surface area (Å²) in [6.45, 7) is 0. The lowest BCUT2D eigenvalue weighted by atomic mass is 9.58.